The highest BCUT2D eigenvalue weighted by Crippen LogP contribution is 2.12. The molecule has 1 aliphatic rings. The van der Waals surface area contributed by atoms with E-state index in [4.69, 9.17) is 0 Å². The first-order valence-electron chi connectivity index (χ1n) is 6.75. The summed E-state index contributed by atoms with van der Waals surface area (Å²) in [4.78, 5) is 0. The molecule has 20 heavy (non-hydrogen) atoms. The van der Waals surface area contributed by atoms with Crippen molar-refractivity contribution in [3.8, 4) is 0 Å². The molecule has 0 saturated carbocycles. The van der Waals surface area contributed by atoms with Crippen molar-refractivity contribution in [2.75, 3.05) is 6.54 Å². The zero-order chi connectivity index (χ0) is 13.9. The average Bonchev–Trinajstić information content (AvgIpc) is 2.31. The van der Waals surface area contributed by atoms with Crippen molar-refractivity contribution in [1.82, 2.24) is 10.0 Å². The molecule has 2 rings (SSSR count). The van der Waals surface area contributed by atoms with E-state index >= 15 is 0 Å². The molecule has 4 nitrogen and oxygen atoms in total. The first kappa shape index (κ1) is 17.4. The standard InChI is InChI=1S/C14H22N2O2S.ClH/c1-11-5-3-6-13(9-11)10-19(17,18)16-14-7-4-8-15-12(14)2;/h3,5-6,9,12,14-16H,4,7-8,10H2,1-2H3;1H. The number of hydrogen-bond acceptors (Lipinski definition) is 3. The molecule has 6 heteroatoms. The van der Waals surface area contributed by atoms with E-state index in [0.717, 1.165) is 30.5 Å². The monoisotopic (exact) mass is 318 g/mol. The molecular weight excluding hydrogens is 296 g/mol. The molecule has 2 unspecified atom stereocenters. The molecule has 0 amide bonds. The third-order valence-corrected chi connectivity index (χ3v) is 4.91. The molecular formula is C14H23ClN2O2S. The van der Waals surface area contributed by atoms with Crippen LogP contribution in [0.25, 0.3) is 0 Å². The van der Waals surface area contributed by atoms with Gasteiger partial charge in [-0.3, -0.25) is 0 Å². The van der Waals surface area contributed by atoms with Crippen LogP contribution in [0.2, 0.25) is 0 Å². The lowest BCUT2D eigenvalue weighted by atomic mass is 10.0. The van der Waals surface area contributed by atoms with Crippen LogP contribution in [0, 0.1) is 6.92 Å². The van der Waals surface area contributed by atoms with Gasteiger partial charge >= 0.3 is 0 Å². The molecule has 1 heterocycles. The normalized spacial score (nSPS) is 23.1. The highest BCUT2D eigenvalue weighted by Gasteiger charge is 2.25. The third kappa shape index (κ3) is 5.05. The van der Waals surface area contributed by atoms with E-state index in [1.54, 1.807) is 0 Å². The second-order valence-corrected chi connectivity index (χ2v) is 7.11. The fourth-order valence-corrected chi connectivity index (χ4v) is 3.98. The van der Waals surface area contributed by atoms with Crippen LogP contribution in [0.3, 0.4) is 0 Å². The lowest BCUT2D eigenvalue weighted by Crippen LogP contribution is -2.52. The summed E-state index contributed by atoms with van der Waals surface area (Å²) in [5.41, 5.74) is 1.92. The first-order valence-corrected chi connectivity index (χ1v) is 8.40. The Morgan fingerprint density at radius 1 is 1.40 bits per heavy atom. The molecule has 0 aromatic heterocycles. The van der Waals surface area contributed by atoms with E-state index in [0.29, 0.717) is 0 Å². The quantitative estimate of drug-likeness (QED) is 0.892. The Kier molecular flexibility index (Phi) is 6.45. The second kappa shape index (κ2) is 7.41. The van der Waals surface area contributed by atoms with Gasteiger partial charge in [0.2, 0.25) is 10.0 Å². The smallest absolute Gasteiger partial charge is 0.216 e. The maximum Gasteiger partial charge on any atom is 0.216 e. The van der Waals surface area contributed by atoms with E-state index in [1.807, 2.05) is 38.1 Å². The van der Waals surface area contributed by atoms with Gasteiger partial charge < -0.3 is 5.32 Å². The van der Waals surface area contributed by atoms with Gasteiger partial charge in [-0.25, -0.2) is 13.1 Å². The summed E-state index contributed by atoms with van der Waals surface area (Å²) in [6.45, 7) is 4.97. The van der Waals surface area contributed by atoms with Crippen molar-refractivity contribution < 1.29 is 8.42 Å². The summed E-state index contributed by atoms with van der Waals surface area (Å²) < 4.78 is 27.2. The Balaban J connectivity index is 0.00000200. The fourth-order valence-electron chi connectivity index (χ4n) is 2.50. The van der Waals surface area contributed by atoms with Crippen LogP contribution in [0.4, 0.5) is 0 Å². The lowest BCUT2D eigenvalue weighted by Gasteiger charge is -2.30. The zero-order valence-corrected chi connectivity index (χ0v) is 13.6. The summed E-state index contributed by atoms with van der Waals surface area (Å²) in [6.07, 6.45) is 1.92. The highest BCUT2D eigenvalue weighted by molar-refractivity contribution is 7.88. The molecule has 1 aliphatic heterocycles. The Labute approximate surface area is 127 Å². The van der Waals surface area contributed by atoms with Crippen molar-refractivity contribution in [2.24, 2.45) is 0 Å². The van der Waals surface area contributed by atoms with E-state index in [1.165, 1.54) is 0 Å². The second-order valence-electron chi connectivity index (χ2n) is 5.36. The molecule has 0 radical (unpaired) electrons. The molecule has 0 bridgehead atoms. The van der Waals surface area contributed by atoms with Crippen molar-refractivity contribution in [2.45, 2.75) is 44.5 Å². The van der Waals surface area contributed by atoms with E-state index in [-0.39, 0.29) is 30.2 Å². The zero-order valence-electron chi connectivity index (χ0n) is 11.9. The molecule has 1 saturated heterocycles. The van der Waals surface area contributed by atoms with Gasteiger partial charge in [-0.2, -0.15) is 0 Å². The number of piperidine rings is 1. The molecule has 0 aliphatic carbocycles. The predicted octanol–water partition coefficient (Wildman–Crippen LogP) is 1.98. The van der Waals surface area contributed by atoms with Crippen LogP contribution in [0.5, 0.6) is 0 Å². The van der Waals surface area contributed by atoms with E-state index < -0.39 is 10.0 Å². The van der Waals surface area contributed by atoms with Crippen LogP contribution >= 0.6 is 12.4 Å². The number of halogens is 1. The van der Waals surface area contributed by atoms with Gasteiger partial charge in [0, 0.05) is 12.1 Å². The minimum atomic E-state index is -3.27. The van der Waals surface area contributed by atoms with E-state index in [9.17, 15) is 8.42 Å². The molecule has 0 spiro atoms. The number of aryl methyl sites for hydroxylation is 1. The van der Waals surface area contributed by atoms with Gasteiger partial charge in [-0.15, -0.1) is 12.4 Å². The maximum absolute atomic E-state index is 12.2. The molecule has 1 aromatic carbocycles. The number of benzene rings is 1. The van der Waals surface area contributed by atoms with Crippen molar-refractivity contribution in [3.63, 3.8) is 0 Å². The van der Waals surface area contributed by atoms with Crippen molar-refractivity contribution >= 4 is 22.4 Å². The third-order valence-electron chi connectivity index (χ3n) is 3.53. The summed E-state index contributed by atoms with van der Waals surface area (Å²) in [7, 11) is -3.27. The molecule has 2 N–H and O–H groups in total. The lowest BCUT2D eigenvalue weighted by molar-refractivity contribution is 0.348. The van der Waals surface area contributed by atoms with E-state index in [2.05, 4.69) is 10.0 Å². The summed E-state index contributed by atoms with van der Waals surface area (Å²) in [6, 6.07) is 7.84. The minimum absolute atomic E-state index is 0. The SMILES string of the molecule is Cc1cccc(CS(=O)(=O)NC2CCCNC2C)c1.Cl. The van der Waals surface area contributed by atoms with Crippen LogP contribution in [-0.2, 0) is 15.8 Å². The summed E-state index contributed by atoms with van der Waals surface area (Å²) in [5.74, 6) is 0.0535. The van der Waals surface area contributed by atoms with Crippen LogP contribution in [0.1, 0.15) is 30.9 Å². The largest absolute Gasteiger partial charge is 0.313 e. The molecule has 2 atom stereocenters. The van der Waals surface area contributed by atoms with Gasteiger partial charge in [0.05, 0.1) is 5.75 Å². The Morgan fingerprint density at radius 3 is 2.80 bits per heavy atom. The number of nitrogens with one attached hydrogen (secondary N) is 2. The fraction of sp³-hybridized carbons (Fsp3) is 0.571. The molecule has 114 valence electrons. The Bertz CT molecular complexity index is 534. The predicted molar refractivity (Wildman–Crippen MR) is 84.7 cm³/mol. The highest BCUT2D eigenvalue weighted by atomic mass is 35.5. The first-order chi connectivity index (χ1) is 8.96. The molecule has 1 fully saturated rings. The van der Waals surface area contributed by atoms with Crippen LogP contribution < -0.4 is 10.0 Å². The molecule has 1 aromatic rings. The minimum Gasteiger partial charge on any atom is -0.313 e. The topological polar surface area (TPSA) is 58.2 Å². The van der Waals surface area contributed by atoms with Gasteiger partial charge in [-0.05, 0) is 38.8 Å². The Morgan fingerprint density at radius 2 is 2.15 bits per heavy atom. The van der Waals surface area contributed by atoms with Gasteiger partial charge in [-0.1, -0.05) is 29.8 Å². The van der Waals surface area contributed by atoms with Gasteiger partial charge in [0.25, 0.3) is 0 Å². The number of hydrogen-bond donors (Lipinski definition) is 2. The van der Waals surface area contributed by atoms with Crippen molar-refractivity contribution in [1.29, 1.82) is 0 Å². The summed E-state index contributed by atoms with van der Waals surface area (Å²) >= 11 is 0. The number of sulfonamides is 1. The van der Waals surface area contributed by atoms with Crippen LogP contribution in [0.15, 0.2) is 24.3 Å². The maximum atomic E-state index is 12.2. The van der Waals surface area contributed by atoms with Crippen molar-refractivity contribution in [3.05, 3.63) is 35.4 Å². The Hall–Kier alpha value is -0.620. The van der Waals surface area contributed by atoms with Crippen LogP contribution in [-0.4, -0.2) is 27.0 Å². The van der Waals surface area contributed by atoms with Gasteiger partial charge in [0.1, 0.15) is 0 Å². The van der Waals surface area contributed by atoms with Gasteiger partial charge in [0.15, 0.2) is 0 Å². The average molecular weight is 319 g/mol. The summed E-state index contributed by atoms with van der Waals surface area (Å²) in [5, 5.41) is 3.30. The number of rotatable bonds is 4.